The molecule has 0 bridgehead atoms. The highest BCUT2D eigenvalue weighted by molar-refractivity contribution is 5.29. The van der Waals surface area contributed by atoms with Crippen LogP contribution in [0.4, 0.5) is 0 Å². The van der Waals surface area contributed by atoms with E-state index in [0.29, 0.717) is 17.9 Å². The largest absolute Gasteiger partial charge is 0.458 e. The average Bonchev–Trinajstić information content (AvgIpc) is 2.49. The van der Waals surface area contributed by atoms with E-state index in [0.717, 1.165) is 5.76 Å². The normalized spacial score (nSPS) is 27.4. The monoisotopic (exact) mass is 170 g/mol. The third kappa shape index (κ3) is 1.03. The summed E-state index contributed by atoms with van der Waals surface area (Å²) >= 11 is 0. The van der Waals surface area contributed by atoms with Gasteiger partial charge in [0.1, 0.15) is 11.9 Å². The van der Waals surface area contributed by atoms with Crippen LogP contribution in [-0.2, 0) is 14.3 Å². The van der Waals surface area contributed by atoms with Gasteiger partial charge in [-0.1, -0.05) is 0 Å². The van der Waals surface area contributed by atoms with Gasteiger partial charge in [-0.3, -0.25) is 4.84 Å². The summed E-state index contributed by atoms with van der Waals surface area (Å²) in [5.41, 5.74) is 6.20. The van der Waals surface area contributed by atoms with Crippen molar-refractivity contribution in [2.75, 3.05) is 6.79 Å². The Labute approximate surface area is 69.5 Å². The lowest BCUT2D eigenvalue weighted by atomic mass is 10.1. The molecule has 1 aliphatic heterocycles. The molecule has 1 atom stereocenters. The number of hydrogen-bond donors (Lipinski definition) is 2. The van der Waals surface area contributed by atoms with Crippen LogP contribution in [0.3, 0.4) is 0 Å². The van der Waals surface area contributed by atoms with Crippen LogP contribution in [0.1, 0.15) is 6.42 Å². The zero-order valence-corrected chi connectivity index (χ0v) is 6.45. The van der Waals surface area contributed by atoms with Gasteiger partial charge >= 0.3 is 0 Å². The van der Waals surface area contributed by atoms with Crippen molar-refractivity contribution in [3.63, 3.8) is 0 Å². The van der Waals surface area contributed by atoms with Gasteiger partial charge in [-0.2, -0.15) is 0 Å². The lowest BCUT2D eigenvalue weighted by Crippen LogP contribution is -2.27. The van der Waals surface area contributed by atoms with Crippen molar-refractivity contribution in [3.05, 3.63) is 23.3 Å². The molecule has 1 unspecified atom stereocenters. The van der Waals surface area contributed by atoms with Gasteiger partial charge in [-0.25, -0.2) is 5.90 Å². The minimum Gasteiger partial charge on any atom is -0.458 e. The van der Waals surface area contributed by atoms with Crippen molar-refractivity contribution >= 4 is 0 Å². The predicted octanol–water partition coefficient (Wildman–Crippen LogP) is -0.293. The molecule has 1 aliphatic carbocycles. The standard InChI is InChI=1S/C7H10N2O3/c8-4-1-6-7(11-3-10-6)2-5(4)12-9/h1,5H,2-3,8-9H2. The van der Waals surface area contributed by atoms with Crippen molar-refractivity contribution < 1.29 is 14.3 Å². The Bertz CT molecular complexity index is 259. The molecule has 0 aromatic rings. The highest BCUT2D eigenvalue weighted by Crippen LogP contribution is 2.28. The summed E-state index contributed by atoms with van der Waals surface area (Å²) in [6.07, 6.45) is 1.95. The second-order valence-electron chi connectivity index (χ2n) is 2.67. The Morgan fingerprint density at radius 2 is 2.33 bits per heavy atom. The van der Waals surface area contributed by atoms with E-state index < -0.39 is 0 Å². The lowest BCUT2D eigenvalue weighted by molar-refractivity contribution is 0.0491. The lowest BCUT2D eigenvalue weighted by Gasteiger charge is -2.18. The third-order valence-corrected chi connectivity index (χ3v) is 1.93. The van der Waals surface area contributed by atoms with E-state index >= 15 is 0 Å². The van der Waals surface area contributed by atoms with Crippen molar-refractivity contribution in [3.8, 4) is 0 Å². The van der Waals surface area contributed by atoms with Crippen LogP contribution < -0.4 is 11.6 Å². The summed E-state index contributed by atoms with van der Waals surface area (Å²) in [6.45, 7) is 0.256. The highest BCUT2D eigenvalue weighted by atomic mass is 16.7. The number of hydrogen-bond acceptors (Lipinski definition) is 5. The summed E-state index contributed by atoms with van der Waals surface area (Å²) < 4.78 is 10.3. The molecule has 1 heterocycles. The first-order valence-electron chi connectivity index (χ1n) is 3.62. The molecule has 0 fully saturated rings. The maximum atomic E-state index is 5.63. The Balaban J connectivity index is 2.22. The van der Waals surface area contributed by atoms with Crippen LogP contribution in [0.15, 0.2) is 23.3 Å². The smallest absolute Gasteiger partial charge is 0.230 e. The van der Waals surface area contributed by atoms with Crippen LogP contribution in [-0.4, -0.2) is 12.9 Å². The molecular formula is C7H10N2O3. The van der Waals surface area contributed by atoms with Gasteiger partial charge < -0.3 is 15.2 Å². The second-order valence-corrected chi connectivity index (χ2v) is 2.67. The maximum Gasteiger partial charge on any atom is 0.230 e. The van der Waals surface area contributed by atoms with Crippen molar-refractivity contribution in [1.29, 1.82) is 0 Å². The molecule has 5 nitrogen and oxygen atoms in total. The van der Waals surface area contributed by atoms with Gasteiger partial charge in [0.25, 0.3) is 0 Å². The number of ether oxygens (including phenoxy) is 2. The molecule has 4 N–H and O–H groups in total. The van der Waals surface area contributed by atoms with Crippen molar-refractivity contribution in [1.82, 2.24) is 0 Å². The van der Waals surface area contributed by atoms with Crippen LogP contribution in [0, 0.1) is 0 Å². The van der Waals surface area contributed by atoms with Crippen LogP contribution in [0.5, 0.6) is 0 Å². The van der Waals surface area contributed by atoms with Crippen molar-refractivity contribution in [2.45, 2.75) is 12.5 Å². The van der Waals surface area contributed by atoms with Gasteiger partial charge in [0.2, 0.25) is 6.79 Å². The molecule has 12 heavy (non-hydrogen) atoms. The topological polar surface area (TPSA) is 79.7 Å². The van der Waals surface area contributed by atoms with Crippen LogP contribution in [0.25, 0.3) is 0 Å². The molecule has 0 saturated carbocycles. The zero-order chi connectivity index (χ0) is 8.55. The molecule has 0 spiro atoms. The first-order valence-corrected chi connectivity index (χ1v) is 3.62. The van der Waals surface area contributed by atoms with E-state index in [1.165, 1.54) is 0 Å². The molecule has 0 radical (unpaired) electrons. The van der Waals surface area contributed by atoms with Gasteiger partial charge in [0.05, 0.1) is 0 Å². The molecule has 0 saturated heterocycles. The summed E-state index contributed by atoms with van der Waals surface area (Å²) in [5.74, 6) is 6.50. The Kier molecular flexibility index (Phi) is 1.67. The van der Waals surface area contributed by atoms with Gasteiger partial charge in [-0.15, -0.1) is 0 Å². The highest BCUT2D eigenvalue weighted by Gasteiger charge is 2.27. The third-order valence-electron chi connectivity index (χ3n) is 1.93. The summed E-state index contributed by atoms with van der Waals surface area (Å²) in [7, 11) is 0. The van der Waals surface area contributed by atoms with Gasteiger partial charge in [-0.05, 0) is 0 Å². The number of rotatable bonds is 1. The summed E-state index contributed by atoms with van der Waals surface area (Å²) in [5, 5.41) is 0. The van der Waals surface area contributed by atoms with Gasteiger partial charge in [0, 0.05) is 18.2 Å². The number of allylic oxidation sites excluding steroid dienone is 1. The van der Waals surface area contributed by atoms with E-state index in [1.807, 2.05) is 0 Å². The first kappa shape index (κ1) is 7.45. The predicted molar refractivity (Wildman–Crippen MR) is 40.0 cm³/mol. The van der Waals surface area contributed by atoms with Crippen LogP contribution in [0.2, 0.25) is 0 Å². The average molecular weight is 170 g/mol. The van der Waals surface area contributed by atoms with Gasteiger partial charge in [0.15, 0.2) is 5.76 Å². The Morgan fingerprint density at radius 3 is 3.08 bits per heavy atom. The molecule has 0 amide bonds. The fraction of sp³-hybridized carbons (Fsp3) is 0.429. The molecule has 2 aliphatic rings. The fourth-order valence-corrected chi connectivity index (χ4v) is 1.25. The molecule has 5 heteroatoms. The minimum absolute atomic E-state index is 0.256. The fourth-order valence-electron chi connectivity index (χ4n) is 1.25. The Morgan fingerprint density at radius 1 is 1.50 bits per heavy atom. The first-order chi connectivity index (χ1) is 5.81. The zero-order valence-electron chi connectivity index (χ0n) is 6.45. The van der Waals surface area contributed by atoms with E-state index in [9.17, 15) is 0 Å². The summed E-state index contributed by atoms with van der Waals surface area (Å²) in [4.78, 5) is 4.65. The minimum atomic E-state index is -0.287. The Hall–Kier alpha value is -1.20. The van der Waals surface area contributed by atoms with E-state index in [1.54, 1.807) is 6.08 Å². The SMILES string of the molecule is NOC1CC2=C(C=C1N)OCO2. The molecule has 66 valence electrons. The summed E-state index contributed by atoms with van der Waals surface area (Å²) in [6, 6.07) is 0. The maximum absolute atomic E-state index is 5.63. The molecule has 0 aromatic carbocycles. The molecule has 0 aromatic heterocycles. The molecule has 2 rings (SSSR count). The van der Waals surface area contributed by atoms with Crippen LogP contribution >= 0.6 is 0 Å². The van der Waals surface area contributed by atoms with Crippen molar-refractivity contribution in [2.24, 2.45) is 11.6 Å². The van der Waals surface area contributed by atoms with E-state index in [-0.39, 0.29) is 12.9 Å². The number of nitrogens with two attached hydrogens (primary N) is 2. The molecular weight excluding hydrogens is 160 g/mol. The van der Waals surface area contributed by atoms with E-state index in [2.05, 4.69) is 4.84 Å². The second kappa shape index (κ2) is 2.69. The quantitative estimate of drug-likeness (QED) is 0.528. The van der Waals surface area contributed by atoms with E-state index in [4.69, 9.17) is 21.1 Å².